The summed E-state index contributed by atoms with van der Waals surface area (Å²) in [7, 11) is 1.47. The van der Waals surface area contributed by atoms with Crippen LogP contribution in [0.3, 0.4) is 0 Å². The number of amides is 1. The lowest BCUT2D eigenvalue weighted by molar-refractivity contribution is -0.136. The molecular weight excluding hydrogens is 319 g/mol. The molecule has 0 unspecified atom stereocenters. The summed E-state index contributed by atoms with van der Waals surface area (Å²) in [6, 6.07) is 9.16. The van der Waals surface area contributed by atoms with Gasteiger partial charge in [-0.2, -0.15) is 13.2 Å². The van der Waals surface area contributed by atoms with Crippen molar-refractivity contribution in [1.82, 2.24) is 0 Å². The van der Waals surface area contributed by atoms with Gasteiger partial charge in [0.2, 0.25) is 0 Å². The highest BCUT2D eigenvalue weighted by atomic mass is 35.5. The SMILES string of the molecule is COc1ccc(C(=O)Nc2ccc(Cl)cc2C(F)(F)F)cc1. The third kappa shape index (κ3) is 3.71. The number of halogens is 4. The van der Waals surface area contributed by atoms with Crippen molar-refractivity contribution in [3.63, 3.8) is 0 Å². The van der Waals surface area contributed by atoms with Gasteiger partial charge in [-0.1, -0.05) is 11.6 Å². The predicted octanol–water partition coefficient (Wildman–Crippen LogP) is 4.62. The normalized spacial score (nSPS) is 11.1. The van der Waals surface area contributed by atoms with Crippen LogP contribution in [0.4, 0.5) is 18.9 Å². The van der Waals surface area contributed by atoms with Gasteiger partial charge in [0.15, 0.2) is 0 Å². The molecule has 1 N–H and O–H groups in total. The number of alkyl halides is 3. The number of benzene rings is 2. The Morgan fingerprint density at radius 1 is 1.14 bits per heavy atom. The Morgan fingerprint density at radius 2 is 1.77 bits per heavy atom. The Hall–Kier alpha value is -2.21. The van der Waals surface area contributed by atoms with Gasteiger partial charge in [-0.05, 0) is 42.5 Å². The average Bonchev–Trinajstić information content (AvgIpc) is 2.48. The third-order valence-electron chi connectivity index (χ3n) is 2.89. The van der Waals surface area contributed by atoms with E-state index in [2.05, 4.69) is 5.32 Å². The van der Waals surface area contributed by atoms with Crippen LogP contribution < -0.4 is 10.1 Å². The lowest BCUT2D eigenvalue weighted by Gasteiger charge is -2.14. The van der Waals surface area contributed by atoms with E-state index in [-0.39, 0.29) is 16.3 Å². The molecule has 0 saturated carbocycles. The van der Waals surface area contributed by atoms with Gasteiger partial charge in [0.1, 0.15) is 5.75 Å². The fraction of sp³-hybridized carbons (Fsp3) is 0.133. The van der Waals surface area contributed by atoms with Gasteiger partial charge in [-0.3, -0.25) is 4.79 Å². The molecule has 0 aliphatic heterocycles. The predicted molar refractivity (Wildman–Crippen MR) is 77.4 cm³/mol. The van der Waals surface area contributed by atoms with Crippen molar-refractivity contribution in [3.05, 3.63) is 58.6 Å². The van der Waals surface area contributed by atoms with Gasteiger partial charge in [-0.15, -0.1) is 0 Å². The summed E-state index contributed by atoms with van der Waals surface area (Å²) >= 11 is 5.58. The van der Waals surface area contributed by atoms with Crippen molar-refractivity contribution in [3.8, 4) is 5.75 Å². The Balaban J connectivity index is 2.28. The number of hydrogen-bond donors (Lipinski definition) is 1. The quantitative estimate of drug-likeness (QED) is 0.892. The number of ether oxygens (including phenoxy) is 1. The third-order valence-corrected chi connectivity index (χ3v) is 3.12. The van der Waals surface area contributed by atoms with E-state index in [1.807, 2.05) is 0 Å². The number of carbonyl (C=O) groups excluding carboxylic acids is 1. The second-order valence-corrected chi connectivity index (χ2v) is 4.81. The molecule has 0 aliphatic rings. The zero-order chi connectivity index (χ0) is 16.3. The molecule has 1 amide bonds. The van der Waals surface area contributed by atoms with E-state index >= 15 is 0 Å². The molecule has 0 fully saturated rings. The van der Waals surface area contributed by atoms with Crippen molar-refractivity contribution in [2.75, 3.05) is 12.4 Å². The van der Waals surface area contributed by atoms with E-state index < -0.39 is 17.6 Å². The Morgan fingerprint density at radius 3 is 2.32 bits per heavy atom. The minimum atomic E-state index is -4.62. The summed E-state index contributed by atoms with van der Waals surface area (Å²) in [5.74, 6) is -0.116. The molecular formula is C15H11ClF3NO2. The van der Waals surface area contributed by atoms with Crippen molar-refractivity contribution >= 4 is 23.2 Å². The van der Waals surface area contributed by atoms with Crippen LogP contribution in [0.1, 0.15) is 15.9 Å². The number of carbonyl (C=O) groups is 1. The standard InChI is InChI=1S/C15H11ClF3NO2/c1-22-11-5-2-9(3-6-11)14(21)20-13-7-4-10(16)8-12(13)15(17,18)19/h2-8H,1H3,(H,20,21). The molecule has 3 nitrogen and oxygen atoms in total. The summed E-state index contributed by atoms with van der Waals surface area (Å²) in [4.78, 5) is 12.0. The highest BCUT2D eigenvalue weighted by molar-refractivity contribution is 6.30. The maximum atomic E-state index is 13.0. The Labute approximate surface area is 129 Å². The molecule has 0 aliphatic carbocycles. The number of rotatable bonds is 3. The molecule has 116 valence electrons. The number of methoxy groups -OCH3 is 1. The molecule has 0 saturated heterocycles. The summed E-state index contributed by atoms with van der Waals surface area (Å²) < 4.78 is 43.8. The lowest BCUT2D eigenvalue weighted by Crippen LogP contribution is -2.16. The van der Waals surface area contributed by atoms with E-state index in [1.165, 1.54) is 25.3 Å². The van der Waals surface area contributed by atoms with Gasteiger partial charge in [0.25, 0.3) is 5.91 Å². The van der Waals surface area contributed by atoms with Crippen LogP contribution in [0.5, 0.6) is 5.75 Å². The molecule has 0 spiro atoms. The molecule has 0 heterocycles. The van der Waals surface area contributed by atoms with Crippen LogP contribution in [0, 0.1) is 0 Å². The van der Waals surface area contributed by atoms with E-state index in [1.54, 1.807) is 12.1 Å². The number of anilines is 1. The molecule has 0 bridgehead atoms. The van der Waals surface area contributed by atoms with Crippen LogP contribution in [0.2, 0.25) is 5.02 Å². The molecule has 7 heteroatoms. The molecule has 2 aromatic rings. The Bertz CT molecular complexity index is 684. The van der Waals surface area contributed by atoms with Crippen molar-refractivity contribution < 1.29 is 22.7 Å². The van der Waals surface area contributed by atoms with Crippen molar-refractivity contribution in [2.24, 2.45) is 0 Å². The summed E-state index contributed by atoms with van der Waals surface area (Å²) in [6.45, 7) is 0. The first kappa shape index (κ1) is 16.2. The molecule has 0 aromatic heterocycles. The van der Waals surface area contributed by atoms with Crippen LogP contribution in [0.15, 0.2) is 42.5 Å². The zero-order valence-corrected chi connectivity index (χ0v) is 12.1. The summed E-state index contributed by atoms with van der Waals surface area (Å²) in [6.07, 6.45) is -4.62. The molecule has 2 rings (SSSR count). The minimum absolute atomic E-state index is 0.0604. The lowest BCUT2D eigenvalue weighted by atomic mass is 10.1. The largest absolute Gasteiger partial charge is 0.497 e. The molecule has 22 heavy (non-hydrogen) atoms. The van der Waals surface area contributed by atoms with E-state index in [0.29, 0.717) is 5.75 Å². The van der Waals surface area contributed by atoms with E-state index in [9.17, 15) is 18.0 Å². The first-order valence-electron chi connectivity index (χ1n) is 6.13. The first-order chi connectivity index (χ1) is 10.3. The highest BCUT2D eigenvalue weighted by Gasteiger charge is 2.34. The molecule has 0 radical (unpaired) electrons. The highest BCUT2D eigenvalue weighted by Crippen LogP contribution is 2.36. The maximum absolute atomic E-state index is 13.0. The summed E-state index contributed by atoms with van der Waals surface area (Å²) in [5, 5.41) is 2.18. The smallest absolute Gasteiger partial charge is 0.418 e. The fourth-order valence-corrected chi connectivity index (χ4v) is 1.97. The molecule has 2 aromatic carbocycles. The van der Waals surface area contributed by atoms with Gasteiger partial charge >= 0.3 is 6.18 Å². The number of nitrogens with one attached hydrogen (secondary N) is 1. The topological polar surface area (TPSA) is 38.3 Å². The van der Waals surface area contributed by atoms with Gasteiger partial charge < -0.3 is 10.1 Å². The second-order valence-electron chi connectivity index (χ2n) is 4.37. The molecule has 0 atom stereocenters. The van der Waals surface area contributed by atoms with Crippen molar-refractivity contribution in [2.45, 2.75) is 6.18 Å². The average molecular weight is 330 g/mol. The number of hydrogen-bond acceptors (Lipinski definition) is 2. The minimum Gasteiger partial charge on any atom is -0.497 e. The van der Waals surface area contributed by atoms with E-state index in [4.69, 9.17) is 16.3 Å². The van der Waals surface area contributed by atoms with Gasteiger partial charge in [0, 0.05) is 10.6 Å². The second kappa shape index (κ2) is 6.27. The van der Waals surface area contributed by atoms with Crippen LogP contribution in [0.25, 0.3) is 0 Å². The van der Waals surface area contributed by atoms with Crippen LogP contribution >= 0.6 is 11.6 Å². The monoisotopic (exact) mass is 329 g/mol. The van der Waals surface area contributed by atoms with Crippen molar-refractivity contribution in [1.29, 1.82) is 0 Å². The first-order valence-corrected chi connectivity index (χ1v) is 6.51. The van der Waals surface area contributed by atoms with Crippen LogP contribution in [-0.2, 0) is 6.18 Å². The Kier molecular flexibility index (Phi) is 4.61. The van der Waals surface area contributed by atoms with Gasteiger partial charge in [0.05, 0.1) is 18.4 Å². The summed E-state index contributed by atoms with van der Waals surface area (Å²) in [5.41, 5.74) is -1.14. The zero-order valence-electron chi connectivity index (χ0n) is 11.4. The maximum Gasteiger partial charge on any atom is 0.418 e. The van der Waals surface area contributed by atoms with Crippen LogP contribution in [-0.4, -0.2) is 13.0 Å². The fourth-order valence-electron chi connectivity index (χ4n) is 1.80. The van der Waals surface area contributed by atoms with E-state index in [0.717, 1.165) is 12.1 Å². The van der Waals surface area contributed by atoms with Gasteiger partial charge in [-0.25, -0.2) is 0 Å².